The molecule has 39 heavy (non-hydrogen) atoms. The summed E-state index contributed by atoms with van der Waals surface area (Å²) in [5, 5.41) is 0.714. The highest BCUT2D eigenvalue weighted by Crippen LogP contribution is 2.41. The number of alkyl halides is 3. The molecule has 216 valence electrons. The molecule has 0 saturated heterocycles. The molecule has 2 atom stereocenters. The summed E-state index contributed by atoms with van der Waals surface area (Å²) in [5.41, 5.74) is 4.16. The van der Waals surface area contributed by atoms with Gasteiger partial charge in [-0.25, -0.2) is 4.79 Å². The Morgan fingerprint density at radius 1 is 1.08 bits per heavy atom. The predicted molar refractivity (Wildman–Crippen MR) is 149 cm³/mol. The van der Waals surface area contributed by atoms with Gasteiger partial charge in [-0.2, -0.15) is 0 Å². The Bertz CT molecular complexity index is 1070. The Hall–Kier alpha value is -2.09. The first kappa shape index (κ1) is 31.4. The van der Waals surface area contributed by atoms with Crippen molar-refractivity contribution in [3.8, 4) is 0 Å². The van der Waals surface area contributed by atoms with E-state index < -0.39 is 18.5 Å². The highest BCUT2D eigenvalue weighted by atomic mass is 35.5. The number of ether oxygens (including phenoxy) is 2. The first-order valence-electron chi connectivity index (χ1n) is 14.0. The van der Waals surface area contributed by atoms with Gasteiger partial charge in [0.15, 0.2) is 0 Å². The summed E-state index contributed by atoms with van der Waals surface area (Å²) in [4.78, 5) is 15.5. The molecule has 0 amide bonds. The topological polar surface area (TPSA) is 38.8 Å². The van der Waals surface area contributed by atoms with Gasteiger partial charge < -0.3 is 4.74 Å². The molecule has 0 aromatic heterocycles. The summed E-state index contributed by atoms with van der Waals surface area (Å²) >= 11 is 6.27. The van der Waals surface area contributed by atoms with Gasteiger partial charge in [-0.1, -0.05) is 55.3 Å². The molecule has 8 heteroatoms. The molecule has 2 aromatic rings. The van der Waals surface area contributed by atoms with Crippen LogP contribution < -0.4 is 0 Å². The van der Waals surface area contributed by atoms with E-state index in [1.165, 1.54) is 5.56 Å². The molecule has 2 aromatic carbocycles. The fourth-order valence-corrected chi connectivity index (χ4v) is 6.20. The molecular weight excluding hydrogens is 527 g/mol. The number of halogens is 4. The van der Waals surface area contributed by atoms with Gasteiger partial charge in [0.1, 0.15) is 6.04 Å². The van der Waals surface area contributed by atoms with Crippen LogP contribution in [0.2, 0.25) is 5.02 Å². The molecule has 3 rings (SSSR count). The van der Waals surface area contributed by atoms with E-state index in [9.17, 15) is 18.0 Å². The molecule has 1 aliphatic carbocycles. The summed E-state index contributed by atoms with van der Waals surface area (Å²) in [6.07, 6.45) is -0.740. The second-order valence-electron chi connectivity index (χ2n) is 10.6. The van der Waals surface area contributed by atoms with Crippen LogP contribution in [-0.2, 0) is 14.3 Å². The maximum atomic E-state index is 13.4. The number of esters is 1. The van der Waals surface area contributed by atoms with Crippen LogP contribution in [0.5, 0.6) is 0 Å². The maximum absolute atomic E-state index is 13.4. The van der Waals surface area contributed by atoms with E-state index in [1.54, 1.807) is 6.92 Å². The van der Waals surface area contributed by atoms with E-state index in [1.807, 2.05) is 50.4 Å². The monoisotopic (exact) mass is 567 g/mol. The van der Waals surface area contributed by atoms with Crippen molar-refractivity contribution >= 4 is 17.6 Å². The quantitative estimate of drug-likeness (QED) is 0.240. The molecule has 0 aliphatic heterocycles. The third-order valence-corrected chi connectivity index (χ3v) is 8.01. The molecular formula is C31H41ClF3NO3. The van der Waals surface area contributed by atoms with Crippen LogP contribution >= 0.6 is 11.6 Å². The number of hydrogen-bond acceptors (Lipinski definition) is 4. The first-order valence-corrected chi connectivity index (χ1v) is 14.4. The Morgan fingerprint density at radius 3 is 2.38 bits per heavy atom. The third-order valence-electron chi connectivity index (χ3n) is 7.77. The minimum Gasteiger partial charge on any atom is -0.465 e. The SMILES string of the molecule is CCC[C@@H](CCN(C)C(C(=O)OCC)c1cccc(C)c1C1CCC(OC(F)(F)F)CC1)c1cccc(Cl)c1. The zero-order valence-corrected chi connectivity index (χ0v) is 24.2. The Morgan fingerprint density at radius 2 is 1.77 bits per heavy atom. The van der Waals surface area contributed by atoms with E-state index in [0.29, 0.717) is 43.2 Å². The van der Waals surface area contributed by atoms with Gasteiger partial charge in [0.2, 0.25) is 0 Å². The molecule has 4 nitrogen and oxygen atoms in total. The fraction of sp³-hybridized carbons (Fsp3) is 0.581. The minimum atomic E-state index is -4.62. The van der Waals surface area contributed by atoms with Crippen LogP contribution in [0.15, 0.2) is 42.5 Å². The van der Waals surface area contributed by atoms with E-state index in [2.05, 4.69) is 22.6 Å². The van der Waals surface area contributed by atoms with Crippen molar-refractivity contribution in [2.75, 3.05) is 20.2 Å². The molecule has 0 spiro atoms. The molecule has 0 bridgehead atoms. The molecule has 1 saturated carbocycles. The number of rotatable bonds is 12. The van der Waals surface area contributed by atoms with Crippen molar-refractivity contribution in [2.24, 2.45) is 0 Å². The van der Waals surface area contributed by atoms with Gasteiger partial charge >= 0.3 is 12.3 Å². The average Bonchev–Trinajstić information content (AvgIpc) is 2.87. The van der Waals surface area contributed by atoms with Gasteiger partial charge in [-0.15, -0.1) is 13.2 Å². The number of carbonyl (C=O) groups is 1. The molecule has 1 fully saturated rings. The summed E-state index contributed by atoms with van der Waals surface area (Å²) in [7, 11) is 1.95. The molecule has 1 unspecified atom stereocenters. The standard InChI is InChI=1S/C31H41ClF3NO3/c1-5-9-22(24-11-8-12-25(32)20-24)18-19-36(4)29(30(37)38-6-2)27-13-7-10-21(3)28(27)23-14-16-26(17-15-23)39-31(33,34)35/h7-8,10-13,20,22-23,26,29H,5-6,9,14-19H2,1-4H3/t22-,23?,26?,29?/m0/s1. The van der Waals surface area contributed by atoms with Crippen molar-refractivity contribution in [1.82, 2.24) is 4.90 Å². The van der Waals surface area contributed by atoms with E-state index in [4.69, 9.17) is 16.3 Å². The molecule has 0 radical (unpaired) electrons. The number of hydrogen-bond donors (Lipinski definition) is 0. The average molecular weight is 568 g/mol. The normalized spacial score (nSPS) is 19.6. The lowest BCUT2D eigenvalue weighted by atomic mass is 9.77. The summed E-state index contributed by atoms with van der Waals surface area (Å²) in [6.45, 7) is 6.90. The lowest BCUT2D eigenvalue weighted by molar-refractivity contribution is -0.345. The minimum absolute atomic E-state index is 0.0545. The van der Waals surface area contributed by atoms with Gasteiger partial charge in [0.05, 0.1) is 12.7 Å². The van der Waals surface area contributed by atoms with Crippen molar-refractivity contribution in [1.29, 1.82) is 0 Å². The highest BCUT2D eigenvalue weighted by molar-refractivity contribution is 6.30. The second-order valence-corrected chi connectivity index (χ2v) is 11.0. The Balaban J connectivity index is 1.85. The highest BCUT2D eigenvalue weighted by Gasteiger charge is 2.37. The van der Waals surface area contributed by atoms with Gasteiger partial charge in [-0.05, 0) is 112 Å². The van der Waals surface area contributed by atoms with Crippen LogP contribution in [-0.4, -0.2) is 43.5 Å². The molecule has 0 N–H and O–H groups in total. The zero-order chi connectivity index (χ0) is 28.6. The van der Waals surface area contributed by atoms with Crippen LogP contribution in [0.4, 0.5) is 13.2 Å². The van der Waals surface area contributed by atoms with E-state index in [0.717, 1.165) is 36.0 Å². The number of aryl methyl sites for hydroxylation is 1. The van der Waals surface area contributed by atoms with E-state index >= 15 is 0 Å². The Labute approximate surface area is 235 Å². The number of carbonyl (C=O) groups excluding carboxylic acids is 1. The van der Waals surface area contributed by atoms with Gasteiger partial charge in [-0.3, -0.25) is 9.64 Å². The van der Waals surface area contributed by atoms with Crippen molar-refractivity contribution in [2.45, 2.75) is 96.1 Å². The van der Waals surface area contributed by atoms with Gasteiger partial charge in [0.25, 0.3) is 0 Å². The van der Waals surface area contributed by atoms with E-state index in [-0.39, 0.29) is 18.5 Å². The summed E-state index contributed by atoms with van der Waals surface area (Å²) in [6, 6.07) is 13.3. The Kier molecular flexibility index (Phi) is 11.7. The van der Waals surface area contributed by atoms with Crippen LogP contribution in [0.25, 0.3) is 0 Å². The van der Waals surface area contributed by atoms with Crippen molar-refractivity contribution in [3.05, 3.63) is 69.7 Å². The van der Waals surface area contributed by atoms with Gasteiger partial charge in [0, 0.05) is 5.02 Å². The first-order chi connectivity index (χ1) is 18.5. The fourth-order valence-electron chi connectivity index (χ4n) is 6.00. The lowest BCUT2D eigenvalue weighted by Crippen LogP contribution is -2.35. The lowest BCUT2D eigenvalue weighted by Gasteiger charge is -2.34. The molecule has 0 heterocycles. The number of benzene rings is 2. The largest absolute Gasteiger partial charge is 0.522 e. The summed E-state index contributed by atoms with van der Waals surface area (Å²) < 4.78 is 48.1. The predicted octanol–water partition coefficient (Wildman–Crippen LogP) is 8.72. The zero-order valence-electron chi connectivity index (χ0n) is 23.4. The smallest absolute Gasteiger partial charge is 0.465 e. The van der Waals surface area contributed by atoms with Crippen LogP contribution in [0.1, 0.15) is 98.9 Å². The summed E-state index contributed by atoms with van der Waals surface area (Å²) in [5.74, 6) is 0.0505. The molecule has 1 aliphatic rings. The number of likely N-dealkylation sites (N-methyl/N-ethyl adjacent to an activating group) is 1. The van der Waals surface area contributed by atoms with Crippen LogP contribution in [0.3, 0.4) is 0 Å². The number of nitrogens with zero attached hydrogens (tertiary/aromatic N) is 1. The van der Waals surface area contributed by atoms with Crippen molar-refractivity contribution < 1.29 is 27.4 Å². The third kappa shape index (κ3) is 8.95. The maximum Gasteiger partial charge on any atom is 0.522 e. The van der Waals surface area contributed by atoms with Crippen LogP contribution in [0, 0.1) is 6.92 Å². The second kappa shape index (κ2) is 14.5. The van der Waals surface area contributed by atoms with Crippen molar-refractivity contribution in [3.63, 3.8) is 0 Å².